The number of phenolic OH excluding ortho intramolecular Hbond substituents is 1. The minimum Gasteiger partial charge on any atom is -0.507 e. The van der Waals surface area contributed by atoms with Gasteiger partial charge in [0.2, 0.25) is 5.78 Å². The zero-order valence-electron chi connectivity index (χ0n) is 13.9. The number of hydrogen-bond acceptors (Lipinski definition) is 5. The number of ketones is 2. The molecule has 0 amide bonds. The lowest BCUT2D eigenvalue weighted by Gasteiger charge is -2.25. The van der Waals surface area contributed by atoms with Crippen molar-refractivity contribution in [2.45, 2.75) is 31.5 Å². The van der Waals surface area contributed by atoms with Crippen LogP contribution in [0.25, 0.3) is 0 Å². The summed E-state index contributed by atoms with van der Waals surface area (Å²) in [6.45, 7) is 2.03. The summed E-state index contributed by atoms with van der Waals surface area (Å²) in [5.74, 6) is -0.376. The topological polar surface area (TPSA) is 76.1 Å². The maximum atomic E-state index is 13.1. The van der Waals surface area contributed by atoms with Gasteiger partial charge in [-0.05, 0) is 37.5 Å². The highest BCUT2D eigenvalue weighted by Crippen LogP contribution is 2.58. The molecule has 5 nitrogen and oxygen atoms in total. The van der Waals surface area contributed by atoms with Gasteiger partial charge in [-0.25, -0.2) is 0 Å². The summed E-state index contributed by atoms with van der Waals surface area (Å²) in [4.78, 5) is 26.1. The molecule has 25 heavy (non-hydrogen) atoms. The molecule has 5 heteroatoms. The van der Waals surface area contributed by atoms with Gasteiger partial charge < -0.3 is 14.6 Å². The number of rotatable bonds is 1. The SMILES string of the molecule is COc1cccc2c1C(=O)c1c(cc3c(c1O)CCC1(C)OC31)C2=O. The fourth-order valence-corrected chi connectivity index (χ4v) is 4.22. The van der Waals surface area contributed by atoms with E-state index in [0.717, 1.165) is 17.5 Å². The Kier molecular flexibility index (Phi) is 2.63. The minimum absolute atomic E-state index is 0.0834. The predicted octanol–water partition coefficient (Wildman–Crippen LogP) is 2.95. The molecule has 126 valence electrons. The van der Waals surface area contributed by atoms with E-state index in [1.165, 1.54) is 7.11 Å². The Morgan fingerprint density at radius 2 is 2.00 bits per heavy atom. The second-order valence-electron chi connectivity index (χ2n) is 7.07. The summed E-state index contributed by atoms with van der Waals surface area (Å²) >= 11 is 0. The second kappa shape index (κ2) is 4.49. The molecule has 3 aliphatic rings. The monoisotopic (exact) mass is 336 g/mol. The Hall–Kier alpha value is -2.66. The van der Waals surface area contributed by atoms with E-state index in [-0.39, 0.29) is 45.7 Å². The van der Waals surface area contributed by atoms with Gasteiger partial charge in [0.15, 0.2) is 5.78 Å². The van der Waals surface area contributed by atoms with Crippen LogP contribution in [0.5, 0.6) is 11.5 Å². The maximum Gasteiger partial charge on any atom is 0.201 e. The molecule has 0 radical (unpaired) electrons. The van der Waals surface area contributed by atoms with Crippen LogP contribution in [0.4, 0.5) is 0 Å². The van der Waals surface area contributed by atoms with Crippen LogP contribution in [0.15, 0.2) is 24.3 Å². The number of hydrogen-bond donors (Lipinski definition) is 1. The van der Waals surface area contributed by atoms with Gasteiger partial charge in [-0.3, -0.25) is 9.59 Å². The van der Waals surface area contributed by atoms with Gasteiger partial charge in [0.1, 0.15) is 17.6 Å². The molecule has 2 aromatic rings. The van der Waals surface area contributed by atoms with Gasteiger partial charge in [0.25, 0.3) is 0 Å². The molecule has 0 bridgehead atoms. The molecule has 0 aromatic heterocycles. The molecule has 2 aliphatic carbocycles. The van der Waals surface area contributed by atoms with Crippen LogP contribution in [-0.4, -0.2) is 29.4 Å². The van der Waals surface area contributed by atoms with E-state index in [2.05, 4.69) is 0 Å². The number of carbonyl (C=O) groups is 2. The van der Waals surface area contributed by atoms with E-state index in [9.17, 15) is 14.7 Å². The first-order chi connectivity index (χ1) is 12.0. The zero-order chi connectivity index (χ0) is 17.5. The number of fused-ring (bicyclic) bond motifs is 5. The molecule has 0 spiro atoms. The Bertz CT molecular complexity index is 990. The zero-order valence-corrected chi connectivity index (χ0v) is 13.9. The smallest absolute Gasteiger partial charge is 0.201 e. The van der Waals surface area contributed by atoms with Crippen LogP contribution in [-0.2, 0) is 11.2 Å². The molecule has 1 N–H and O–H groups in total. The van der Waals surface area contributed by atoms with E-state index in [1.807, 2.05) is 6.92 Å². The third-order valence-electron chi connectivity index (χ3n) is 5.67. The van der Waals surface area contributed by atoms with Gasteiger partial charge in [0.05, 0.1) is 23.8 Å². The summed E-state index contributed by atoms with van der Waals surface area (Å²) in [7, 11) is 1.46. The second-order valence-corrected chi connectivity index (χ2v) is 7.07. The minimum atomic E-state index is -0.368. The summed E-state index contributed by atoms with van der Waals surface area (Å²) < 4.78 is 11.0. The Labute approximate surface area is 144 Å². The molecule has 0 saturated carbocycles. The van der Waals surface area contributed by atoms with Crippen molar-refractivity contribution >= 4 is 11.6 Å². The van der Waals surface area contributed by atoms with Crippen molar-refractivity contribution in [3.63, 3.8) is 0 Å². The molecular weight excluding hydrogens is 320 g/mol. The fraction of sp³-hybridized carbons (Fsp3) is 0.300. The third-order valence-corrected chi connectivity index (χ3v) is 5.67. The van der Waals surface area contributed by atoms with Gasteiger partial charge in [-0.15, -0.1) is 0 Å². The summed E-state index contributed by atoms with van der Waals surface area (Å²) in [5, 5.41) is 10.8. The summed E-state index contributed by atoms with van der Waals surface area (Å²) in [5.41, 5.74) is 2.21. The average Bonchev–Trinajstić information content (AvgIpc) is 3.31. The Morgan fingerprint density at radius 1 is 1.20 bits per heavy atom. The summed E-state index contributed by atoms with van der Waals surface area (Å²) in [6.07, 6.45) is 1.31. The Morgan fingerprint density at radius 3 is 2.76 bits per heavy atom. The highest BCUT2D eigenvalue weighted by Gasteiger charge is 2.57. The average molecular weight is 336 g/mol. The molecule has 2 atom stereocenters. The van der Waals surface area contributed by atoms with Gasteiger partial charge >= 0.3 is 0 Å². The van der Waals surface area contributed by atoms with E-state index in [4.69, 9.17) is 9.47 Å². The number of methoxy groups -OCH3 is 1. The molecule has 2 aromatic carbocycles. The van der Waals surface area contributed by atoms with E-state index in [0.29, 0.717) is 17.7 Å². The van der Waals surface area contributed by atoms with Crippen LogP contribution >= 0.6 is 0 Å². The van der Waals surface area contributed by atoms with Gasteiger partial charge in [0, 0.05) is 16.7 Å². The number of phenols is 1. The quantitative estimate of drug-likeness (QED) is 0.692. The van der Waals surface area contributed by atoms with Crippen LogP contribution in [0, 0.1) is 0 Å². The molecular formula is C20H16O5. The molecule has 1 aliphatic heterocycles. The molecule has 1 fully saturated rings. The normalized spacial score (nSPS) is 25.6. The fourth-order valence-electron chi connectivity index (χ4n) is 4.22. The lowest BCUT2D eigenvalue weighted by molar-refractivity contribution is 0.0973. The van der Waals surface area contributed by atoms with Crippen LogP contribution < -0.4 is 4.74 Å². The van der Waals surface area contributed by atoms with Crippen molar-refractivity contribution < 1.29 is 24.2 Å². The van der Waals surface area contributed by atoms with Crippen molar-refractivity contribution in [3.05, 3.63) is 57.6 Å². The van der Waals surface area contributed by atoms with Crippen molar-refractivity contribution in [2.24, 2.45) is 0 Å². The number of aromatic hydroxyl groups is 1. The first-order valence-electron chi connectivity index (χ1n) is 8.29. The third kappa shape index (κ3) is 1.71. The first-order valence-corrected chi connectivity index (χ1v) is 8.29. The molecule has 1 saturated heterocycles. The number of epoxide rings is 1. The number of carbonyl (C=O) groups excluding carboxylic acids is 2. The lowest BCUT2D eigenvalue weighted by Crippen LogP contribution is -2.24. The largest absolute Gasteiger partial charge is 0.507 e. The molecule has 2 unspecified atom stereocenters. The predicted molar refractivity (Wildman–Crippen MR) is 88.5 cm³/mol. The van der Waals surface area contributed by atoms with E-state index >= 15 is 0 Å². The molecule has 5 rings (SSSR count). The van der Waals surface area contributed by atoms with Crippen LogP contribution in [0.3, 0.4) is 0 Å². The van der Waals surface area contributed by atoms with Crippen molar-refractivity contribution in [3.8, 4) is 11.5 Å². The standard InChI is InChI=1S/C20H16O5/c1-20-7-6-9-11(19(20)25-20)8-12-15(17(9)22)18(23)14-10(16(12)21)4-3-5-13(14)24-2/h3-5,8,19,22H,6-7H2,1-2H3. The van der Waals surface area contributed by atoms with E-state index < -0.39 is 0 Å². The number of benzene rings is 2. The first kappa shape index (κ1) is 14.7. The number of ether oxygens (including phenoxy) is 2. The van der Waals surface area contributed by atoms with Crippen LogP contribution in [0.2, 0.25) is 0 Å². The van der Waals surface area contributed by atoms with Crippen molar-refractivity contribution in [2.75, 3.05) is 7.11 Å². The Balaban J connectivity index is 1.78. The highest BCUT2D eigenvalue weighted by atomic mass is 16.6. The van der Waals surface area contributed by atoms with Crippen LogP contribution in [0.1, 0.15) is 62.4 Å². The highest BCUT2D eigenvalue weighted by molar-refractivity contribution is 6.30. The summed E-state index contributed by atoms with van der Waals surface area (Å²) in [6, 6.07) is 6.69. The van der Waals surface area contributed by atoms with Gasteiger partial charge in [-0.1, -0.05) is 12.1 Å². The molecule has 1 heterocycles. The maximum absolute atomic E-state index is 13.1. The lowest BCUT2D eigenvalue weighted by atomic mass is 9.76. The van der Waals surface area contributed by atoms with Crippen molar-refractivity contribution in [1.29, 1.82) is 0 Å². The van der Waals surface area contributed by atoms with Gasteiger partial charge in [-0.2, -0.15) is 0 Å². The van der Waals surface area contributed by atoms with E-state index in [1.54, 1.807) is 24.3 Å². The van der Waals surface area contributed by atoms with Crippen molar-refractivity contribution in [1.82, 2.24) is 0 Å².